The van der Waals surface area contributed by atoms with Crippen molar-refractivity contribution in [2.75, 3.05) is 12.3 Å². The van der Waals surface area contributed by atoms with E-state index in [0.717, 1.165) is 0 Å². The lowest BCUT2D eigenvalue weighted by atomic mass is 10.0. The molecule has 25 heavy (non-hydrogen) atoms. The Morgan fingerprint density at radius 2 is 2.04 bits per heavy atom. The van der Waals surface area contributed by atoms with E-state index in [0.29, 0.717) is 4.31 Å². The van der Waals surface area contributed by atoms with Crippen LogP contribution in [-0.4, -0.2) is 58.5 Å². The van der Waals surface area contributed by atoms with Gasteiger partial charge in [-0.2, -0.15) is 13.0 Å². The van der Waals surface area contributed by atoms with Crippen LogP contribution in [0.1, 0.15) is 16.8 Å². The molecule has 0 spiro atoms. The van der Waals surface area contributed by atoms with Crippen LogP contribution in [0.15, 0.2) is 18.5 Å². The first-order valence-electron chi connectivity index (χ1n) is 7.29. The summed E-state index contributed by atoms with van der Waals surface area (Å²) in [7, 11) is -4.63. The van der Waals surface area contributed by atoms with Gasteiger partial charge in [0.25, 0.3) is 17.7 Å². The highest BCUT2D eigenvalue weighted by Gasteiger charge is 2.60. The molecule has 3 amide bonds. The van der Waals surface area contributed by atoms with Crippen LogP contribution >= 0.6 is 0 Å². The van der Waals surface area contributed by atoms with Crippen molar-refractivity contribution in [1.29, 1.82) is 0 Å². The Kier molecular flexibility index (Phi) is 3.88. The van der Waals surface area contributed by atoms with Gasteiger partial charge in [0, 0.05) is 6.54 Å². The molecule has 3 rings (SSSR count). The van der Waals surface area contributed by atoms with Crippen LogP contribution in [0.25, 0.3) is 0 Å². The maximum absolute atomic E-state index is 12.5. The Morgan fingerprint density at radius 1 is 1.36 bits per heavy atom. The van der Waals surface area contributed by atoms with Crippen molar-refractivity contribution < 1.29 is 31.9 Å². The molecule has 11 nitrogen and oxygen atoms in total. The van der Waals surface area contributed by atoms with Crippen molar-refractivity contribution >= 4 is 33.7 Å². The maximum atomic E-state index is 12.5. The number of carbonyl (C=O) groups excluding carboxylic acids is 3. The van der Waals surface area contributed by atoms with Crippen LogP contribution in [0.2, 0.25) is 0 Å². The predicted molar refractivity (Wildman–Crippen MR) is 81.9 cm³/mol. The molecule has 5 N–H and O–H groups in total. The number of β-lactam (4-membered cyclic amide) rings is 1. The van der Waals surface area contributed by atoms with E-state index in [4.69, 9.17) is 16.0 Å². The van der Waals surface area contributed by atoms with E-state index in [2.05, 4.69) is 0 Å². The molecular weight excluding hydrogens is 354 g/mol. The highest BCUT2D eigenvalue weighted by molar-refractivity contribution is 7.84. The number of carbonyl (C=O) groups is 3. The van der Waals surface area contributed by atoms with Crippen molar-refractivity contribution in [2.45, 2.75) is 25.0 Å². The Balaban J connectivity index is 1.76. The fourth-order valence-corrected chi connectivity index (χ4v) is 4.13. The number of nitrogens with two attached hydrogens (primary N) is 2. The molecule has 2 aliphatic heterocycles. The minimum absolute atomic E-state index is 0.129. The van der Waals surface area contributed by atoms with Gasteiger partial charge in [-0.25, -0.2) is 4.31 Å². The lowest BCUT2D eigenvalue weighted by Gasteiger charge is -2.42. The van der Waals surface area contributed by atoms with E-state index in [1.165, 1.54) is 27.9 Å². The van der Waals surface area contributed by atoms with E-state index in [1.54, 1.807) is 0 Å². The van der Waals surface area contributed by atoms with Gasteiger partial charge in [-0.3, -0.25) is 18.9 Å². The molecule has 3 heterocycles. The predicted octanol–water partition coefficient (Wildman–Crippen LogP) is -2.73. The third kappa shape index (κ3) is 2.89. The molecule has 12 heteroatoms. The Bertz CT molecular complexity index is 885. The SMILES string of the molecule is NC(=O)c1cc(N)c[n+](CC(=O)N2CC[C@@H]3[C@H]2C(=O)N3S(=O)(=O)O)c1. The molecule has 0 saturated carbocycles. The second-order valence-electron chi connectivity index (χ2n) is 5.89. The van der Waals surface area contributed by atoms with Gasteiger partial charge in [0.15, 0.2) is 12.4 Å². The van der Waals surface area contributed by atoms with Crippen molar-refractivity contribution in [3.05, 3.63) is 24.0 Å². The lowest BCUT2D eigenvalue weighted by Crippen LogP contribution is -2.68. The summed E-state index contributed by atoms with van der Waals surface area (Å²) in [6, 6.07) is -0.292. The van der Waals surface area contributed by atoms with Gasteiger partial charge in [-0.05, 0) is 12.5 Å². The summed E-state index contributed by atoms with van der Waals surface area (Å²) in [6.45, 7) is -0.0226. The van der Waals surface area contributed by atoms with Gasteiger partial charge < -0.3 is 16.4 Å². The molecule has 0 aliphatic carbocycles. The summed E-state index contributed by atoms with van der Waals surface area (Å²) >= 11 is 0. The number of aromatic nitrogens is 1. The number of nitrogens with zero attached hydrogens (tertiary/aromatic N) is 3. The smallest absolute Gasteiger partial charge is 0.362 e. The topological polar surface area (TPSA) is 168 Å². The number of amides is 3. The Hall–Kier alpha value is -2.73. The van der Waals surface area contributed by atoms with Crippen molar-refractivity contribution in [1.82, 2.24) is 9.21 Å². The van der Waals surface area contributed by atoms with Crippen molar-refractivity contribution in [3.8, 4) is 0 Å². The number of hydrogen-bond acceptors (Lipinski definition) is 6. The molecule has 2 aliphatic rings. The molecule has 1 aromatic rings. The molecule has 0 radical (unpaired) electrons. The number of likely N-dealkylation sites (tertiary alicyclic amines) is 1. The van der Waals surface area contributed by atoms with Crippen molar-refractivity contribution in [3.63, 3.8) is 0 Å². The number of hydrogen-bond donors (Lipinski definition) is 3. The third-order valence-corrected chi connectivity index (χ3v) is 5.20. The van der Waals surface area contributed by atoms with Gasteiger partial charge in [0.2, 0.25) is 6.54 Å². The zero-order valence-corrected chi connectivity index (χ0v) is 13.7. The van der Waals surface area contributed by atoms with E-state index >= 15 is 0 Å². The van der Waals surface area contributed by atoms with Gasteiger partial charge in [0.1, 0.15) is 11.6 Å². The monoisotopic (exact) mass is 370 g/mol. The minimum Gasteiger partial charge on any atom is -0.394 e. The van der Waals surface area contributed by atoms with E-state index in [1.807, 2.05) is 0 Å². The lowest BCUT2D eigenvalue weighted by molar-refractivity contribution is -0.684. The third-order valence-electron chi connectivity index (χ3n) is 4.25. The highest BCUT2D eigenvalue weighted by atomic mass is 32.2. The van der Waals surface area contributed by atoms with Crippen LogP contribution in [-0.2, 0) is 26.4 Å². The van der Waals surface area contributed by atoms with Gasteiger partial charge in [0.05, 0.1) is 11.7 Å². The number of nitrogen functional groups attached to an aromatic ring is 1. The molecule has 2 fully saturated rings. The van der Waals surface area contributed by atoms with Crippen LogP contribution in [0, 0.1) is 0 Å². The fourth-order valence-electron chi connectivity index (χ4n) is 3.23. The fraction of sp³-hybridized carbons (Fsp3) is 0.385. The minimum atomic E-state index is -4.63. The zero-order chi connectivity index (χ0) is 18.5. The molecule has 0 unspecified atom stereocenters. The standard InChI is InChI=1S/C13H15N5O6S/c14-8-3-7(12(15)20)4-16(5-8)6-10(19)17-2-1-9-11(17)13(21)18(9)25(22,23)24/h3-5,9,11H,1-2,6,14H2,(H2-,15,20,22,23,24)/p+1/t9-,11+/m1/s1. The van der Waals surface area contributed by atoms with Crippen LogP contribution in [0.5, 0.6) is 0 Å². The molecule has 0 aromatic carbocycles. The largest absolute Gasteiger partial charge is 0.394 e. The number of primary amides is 1. The molecule has 0 bridgehead atoms. The number of fused-ring (bicyclic) bond motifs is 1. The summed E-state index contributed by atoms with van der Waals surface area (Å²) in [4.78, 5) is 36.9. The first-order chi connectivity index (χ1) is 11.6. The number of anilines is 1. The summed E-state index contributed by atoms with van der Waals surface area (Å²) < 4.78 is 33.1. The maximum Gasteiger partial charge on any atom is 0.362 e. The van der Waals surface area contributed by atoms with Crippen LogP contribution < -0.4 is 16.0 Å². The summed E-state index contributed by atoms with van der Waals surface area (Å²) in [5.41, 5.74) is 11.2. The van der Waals surface area contributed by atoms with Gasteiger partial charge in [-0.15, -0.1) is 0 Å². The van der Waals surface area contributed by atoms with Crippen LogP contribution in [0.3, 0.4) is 0 Å². The quantitative estimate of drug-likeness (QED) is 0.294. The van der Waals surface area contributed by atoms with Crippen LogP contribution in [0.4, 0.5) is 5.69 Å². The number of rotatable bonds is 4. The average molecular weight is 370 g/mol. The summed E-state index contributed by atoms with van der Waals surface area (Å²) in [5, 5.41) is 0. The van der Waals surface area contributed by atoms with Gasteiger partial charge in [-0.1, -0.05) is 0 Å². The number of pyridine rings is 1. The zero-order valence-electron chi connectivity index (χ0n) is 12.9. The van der Waals surface area contributed by atoms with Gasteiger partial charge >= 0.3 is 10.3 Å². The second kappa shape index (κ2) is 5.67. The molecule has 1 aromatic heterocycles. The summed E-state index contributed by atoms with van der Waals surface area (Å²) in [5.74, 6) is -1.98. The Labute approximate surface area is 142 Å². The first kappa shape index (κ1) is 17.1. The molecular formula is C13H16N5O6S+. The highest BCUT2D eigenvalue weighted by Crippen LogP contribution is 2.35. The molecule has 134 valence electrons. The first-order valence-corrected chi connectivity index (χ1v) is 8.69. The van der Waals surface area contributed by atoms with E-state index in [-0.39, 0.29) is 30.8 Å². The Morgan fingerprint density at radius 3 is 2.64 bits per heavy atom. The van der Waals surface area contributed by atoms with Crippen molar-refractivity contribution in [2.24, 2.45) is 5.73 Å². The van der Waals surface area contributed by atoms with E-state index in [9.17, 15) is 22.8 Å². The molecule has 2 atom stereocenters. The summed E-state index contributed by atoms with van der Waals surface area (Å²) in [6.07, 6.45) is 3.04. The van der Waals surface area contributed by atoms with E-state index < -0.39 is 40.1 Å². The average Bonchev–Trinajstić information content (AvgIpc) is 2.83. The molecule has 2 saturated heterocycles. The second-order valence-corrected chi connectivity index (χ2v) is 7.18. The normalized spacial score (nSPS) is 22.5.